The number of aliphatic imine (C=N–C) groups is 1. The van der Waals surface area contributed by atoms with Crippen molar-refractivity contribution in [2.45, 2.75) is 58.7 Å². The van der Waals surface area contributed by atoms with Crippen LogP contribution in [0.25, 0.3) is 0 Å². The lowest BCUT2D eigenvalue weighted by molar-refractivity contribution is 0.00396. The molecule has 3 N–H and O–H groups in total. The first-order valence-corrected chi connectivity index (χ1v) is 10.6. The number of nitrogens with one attached hydrogen (secondary N) is 2. The number of ether oxygens (including phenoxy) is 1. The summed E-state index contributed by atoms with van der Waals surface area (Å²) in [6.45, 7) is 5.80. The van der Waals surface area contributed by atoms with Gasteiger partial charge in [0.05, 0.1) is 26.3 Å². The van der Waals surface area contributed by atoms with Gasteiger partial charge >= 0.3 is 0 Å². The van der Waals surface area contributed by atoms with Gasteiger partial charge in [0.15, 0.2) is 11.8 Å². The van der Waals surface area contributed by atoms with Gasteiger partial charge in [-0.25, -0.2) is 4.99 Å². The molecule has 1 aromatic carbocycles. The van der Waals surface area contributed by atoms with Crippen LogP contribution in [0.15, 0.2) is 29.3 Å². The predicted molar refractivity (Wildman–Crippen MR) is 117 cm³/mol. The van der Waals surface area contributed by atoms with Gasteiger partial charge in [0.25, 0.3) is 0 Å². The van der Waals surface area contributed by atoms with Gasteiger partial charge in [-0.05, 0) is 37.5 Å². The minimum Gasteiger partial charge on any atom is -0.497 e. The van der Waals surface area contributed by atoms with Crippen molar-refractivity contribution in [3.63, 3.8) is 0 Å². The van der Waals surface area contributed by atoms with Crippen molar-refractivity contribution in [1.29, 1.82) is 0 Å². The van der Waals surface area contributed by atoms with Crippen LogP contribution in [0.4, 0.5) is 0 Å². The minimum absolute atomic E-state index is 0.151. The second kappa shape index (κ2) is 9.93. The second-order valence-electron chi connectivity index (χ2n) is 8.36. The molecule has 0 bridgehead atoms. The van der Waals surface area contributed by atoms with Crippen LogP contribution in [0.5, 0.6) is 5.75 Å². The van der Waals surface area contributed by atoms with Crippen LogP contribution in [-0.2, 0) is 20.1 Å². The molecule has 1 aromatic heterocycles. The number of aromatic nitrogens is 3. The summed E-state index contributed by atoms with van der Waals surface area (Å²) in [5, 5.41) is 25.6. The molecule has 1 heterocycles. The van der Waals surface area contributed by atoms with E-state index < -0.39 is 0 Å². The van der Waals surface area contributed by atoms with Crippen LogP contribution in [0, 0.1) is 12.3 Å². The first-order valence-electron chi connectivity index (χ1n) is 10.6. The van der Waals surface area contributed by atoms with Crippen molar-refractivity contribution in [3.8, 4) is 5.75 Å². The van der Waals surface area contributed by atoms with E-state index in [1.54, 1.807) is 7.11 Å². The van der Waals surface area contributed by atoms with E-state index in [0.717, 1.165) is 48.6 Å². The van der Waals surface area contributed by atoms with Gasteiger partial charge in [-0.15, -0.1) is 10.2 Å². The van der Waals surface area contributed by atoms with Gasteiger partial charge in [-0.1, -0.05) is 31.9 Å². The summed E-state index contributed by atoms with van der Waals surface area (Å²) in [7, 11) is 3.61. The normalized spacial score (nSPS) is 22.0. The van der Waals surface area contributed by atoms with Gasteiger partial charge in [0, 0.05) is 19.0 Å². The highest BCUT2D eigenvalue weighted by Gasteiger charge is 2.35. The summed E-state index contributed by atoms with van der Waals surface area (Å²) in [5.74, 6) is 3.24. The molecule has 0 radical (unpaired) electrons. The molecule has 0 aliphatic heterocycles. The third-order valence-electron chi connectivity index (χ3n) is 6.12. The summed E-state index contributed by atoms with van der Waals surface area (Å²) >= 11 is 0. The number of aliphatic hydroxyl groups is 1. The Morgan fingerprint density at radius 2 is 2.03 bits per heavy atom. The summed E-state index contributed by atoms with van der Waals surface area (Å²) < 4.78 is 7.18. The maximum atomic E-state index is 10.5. The molecule has 2 atom stereocenters. The van der Waals surface area contributed by atoms with Crippen molar-refractivity contribution < 1.29 is 9.84 Å². The molecule has 0 amide bonds. The number of benzene rings is 1. The molecule has 2 unspecified atom stereocenters. The highest BCUT2D eigenvalue weighted by atomic mass is 16.5. The minimum atomic E-state index is -0.289. The van der Waals surface area contributed by atoms with Gasteiger partial charge in [0.2, 0.25) is 0 Å². The third-order valence-corrected chi connectivity index (χ3v) is 6.12. The molecule has 0 saturated heterocycles. The molecule has 8 nitrogen and oxygen atoms in total. The molecule has 1 fully saturated rings. The van der Waals surface area contributed by atoms with Crippen molar-refractivity contribution in [2.24, 2.45) is 17.5 Å². The topological polar surface area (TPSA) is 96.6 Å². The average molecular weight is 415 g/mol. The maximum Gasteiger partial charge on any atom is 0.191 e. The fourth-order valence-electron chi connectivity index (χ4n) is 3.72. The average Bonchev–Trinajstić information content (AvgIpc) is 3.08. The molecular weight excluding hydrogens is 380 g/mol. The van der Waals surface area contributed by atoms with Crippen molar-refractivity contribution in [2.75, 3.05) is 13.7 Å². The standard InChI is InChI=1S/C22H34N6O2/c1-16-26-27-20(28(16)3)14-24-21(23-13-17-8-10-18(30-4)11-9-17)25-15-22(2)12-6-5-7-19(22)29/h8-11,19,29H,5-7,12-15H2,1-4H3,(H2,23,24,25). The summed E-state index contributed by atoms with van der Waals surface area (Å²) in [6.07, 6.45) is 3.83. The Morgan fingerprint density at radius 1 is 1.27 bits per heavy atom. The molecular formula is C22H34N6O2. The van der Waals surface area contributed by atoms with E-state index in [1.807, 2.05) is 42.8 Å². The Hall–Kier alpha value is -2.61. The van der Waals surface area contributed by atoms with E-state index in [9.17, 15) is 5.11 Å². The predicted octanol–water partition coefficient (Wildman–Crippen LogP) is 2.31. The number of hydrogen-bond acceptors (Lipinski definition) is 5. The molecule has 30 heavy (non-hydrogen) atoms. The van der Waals surface area contributed by atoms with E-state index in [4.69, 9.17) is 9.73 Å². The summed E-state index contributed by atoms with van der Waals surface area (Å²) in [4.78, 5) is 4.76. The molecule has 2 aromatic rings. The largest absolute Gasteiger partial charge is 0.497 e. The lowest BCUT2D eigenvalue weighted by atomic mass is 9.73. The van der Waals surface area contributed by atoms with Gasteiger partial charge in [-0.3, -0.25) is 0 Å². The number of methoxy groups -OCH3 is 1. The van der Waals surface area contributed by atoms with Crippen LogP contribution in [0.1, 0.15) is 49.8 Å². The van der Waals surface area contributed by atoms with Crippen LogP contribution >= 0.6 is 0 Å². The van der Waals surface area contributed by atoms with Crippen LogP contribution in [0.2, 0.25) is 0 Å². The smallest absolute Gasteiger partial charge is 0.191 e. The number of nitrogens with zero attached hydrogens (tertiary/aromatic N) is 4. The monoisotopic (exact) mass is 414 g/mol. The fraction of sp³-hybridized carbons (Fsp3) is 0.591. The Kier molecular flexibility index (Phi) is 7.31. The SMILES string of the molecule is COc1ccc(CN=C(NCc2nnc(C)n2C)NCC2(C)CCCCC2O)cc1. The molecule has 8 heteroatoms. The lowest BCUT2D eigenvalue weighted by Crippen LogP contribution is -2.48. The Morgan fingerprint density at radius 3 is 2.67 bits per heavy atom. The van der Waals surface area contributed by atoms with Crippen LogP contribution in [-0.4, -0.2) is 45.6 Å². The Balaban J connectivity index is 1.68. The molecule has 3 rings (SSSR count). The van der Waals surface area contributed by atoms with Crippen molar-refractivity contribution in [1.82, 2.24) is 25.4 Å². The summed E-state index contributed by atoms with van der Waals surface area (Å²) in [6, 6.07) is 7.90. The summed E-state index contributed by atoms with van der Waals surface area (Å²) in [5.41, 5.74) is 0.942. The number of aryl methyl sites for hydroxylation is 1. The lowest BCUT2D eigenvalue weighted by Gasteiger charge is -2.38. The van der Waals surface area contributed by atoms with Crippen molar-refractivity contribution in [3.05, 3.63) is 41.5 Å². The first-order chi connectivity index (χ1) is 14.4. The fourth-order valence-corrected chi connectivity index (χ4v) is 3.72. The van der Waals surface area contributed by atoms with Crippen molar-refractivity contribution >= 4 is 5.96 Å². The number of hydrogen-bond donors (Lipinski definition) is 3. The number of aliphatic hydroxyl groups excluding tert-OH is 1. The molecule has 1 aliphatic carbocycles. The van der Waals surface area contributed by atoms with E-state index in [-0.39, 0.29) is 11.5 Å². The Bertz CT molecular complexity index is 848. The Labute approximate surface area is 178 Å². The molecule has 1 aliphatic rings. The molecule has 164 valence electrons. The first kappa shape index (κ1) is 22.1. The zero-order valence-corrected chi connectivity index (χ0v) is 18.5. The zero-order valence-electron chi connectivity index (χ0n) is 18.5. The van der Waals surface area contributed by atoms with E-state index >= 15 is 0 Å². The highest BCUT2D eigenvalue weighted by molar-refractivity contribution is 5.79. The number of guanidine groups is 1. The van der Waals surface area contributed by atoms with Crippen LogP contribution in [0.3, 0.4) is 0 Å². The highest BCUT2D eigenvalue weighted by Crippen LogP contribution is 2.35. The molecule has 0 spiro atoms. The van der Waals surface area contributed by atoms with E-state index in [2.05, 4.69) is 27.8 Å². The van der Waals surface area contributed by atoms with Gasteiger partial charge < -0.3 is 25.0 Å². The third kappa shape index (κ3) is 5.50. The maximum absolute atomic E-state index is 10.5. The molecule has 1 saturated carbocycles. The van der Waals surface area contributed by atoms with Gasteiger partial charge in [-0.2, -0.15) is 0 Å². The van der Waals surface area contributed by atoms with Gasteiger partial charge in [0.1, 0.15) is 11.6 Å². The zero-order chi connectivity index (χ0) is 21.6. The quantitative estimate of drug-likeness (QED) is 0.475. The number of rotatable bonds is 7. The second-order valence-corrected chi connectivity index (χ2v) is 8.36. The van der Waals surface area contributed by atoms with E-state index in [1.165, 1.54) is 0 Å². The van der Waals surface area contributed by atoms with E-state index in [0.29, 0.717) is 25.6 Å². The van der Waals surface area contributed by atoms with Crippen LogP contribution < -0.4 is 15.4 Å².